The number of rotatable bonds is 4. The van der Waals surface area contributed by atoms with Crippen molar-refractivity contribution in [2.45, 2.75) is 25.8 Å². The molecule has 1 aromatic rings. The summed E-state index contributed by atoms with van der Waals surface area (Å²) < 4.78 is 0. The predicted octanol–water partition coefficient (Wildman–Crippen LogP) is 2.12. The van der Waals surface area contributed by atoms with E-state index in [2.05, 4.69) is 4.90 Å². The maximum Gasteiger partial charge on any atom is 0.239 e. The van der Waals surface area contributed by atoms with Crippen molar-refractivity contribution < 1.29 is 4.79 Å². The molecule has 1 heterocycles. The van der Waals surface area contributed by atoms with Crippen molar-refractivity contribution in [3.8, 4) is 0 Å². The van der Waals surface area contributed by atoms with E-state index in [0.717, 1.165) is 36.6 Å². The zero-order valence-electron chi connectivity index (χ0n) is 11.9. The van der Waals surface area contributed by atoms with Gasteiger partial charge in [0.25, 0.3) is 0 Å². The van der Waals surface area contributed by atoms with Crippen LogP contribution in [0.25, 0.3) is 0 Å². The molecule has 1 aliphatic rings. The molecule has 1 aliphatic heterocycles. The molecular weight excluding hydrogens is 274 g/mol. The molecule has 1 saturated heterocycles. The van der Waals surface area contributed by atoms with Crippen LogP contribution in [0.1, 0.15) is 19.8 Å². The van der Waals surface area contributed by atoms with Crippen LogP contribution in [0.15, 0.2) is 24.3 Å². The monoisotopic (exact) mass is 295 g/mol. The van der Waals surface area contributed by atoms with Crippen LogP contribution < -0.4 is 10.6 Å². The summed E-state index contributed by atoms with van der Waals surface area (Å²) in [5.41, 5.74) is 6.94. The first-order valence-electron chi connectivity index (χ1n) is 7.17. The average molecular weight is 296 g/mol. The van der Waals surface area contributed by atoms with Crippen molar-refractivity contribution in [3.05, 3.63) is 29.3 Å². The fourth-order valence-electron chi connectivity index (χ4n) is 2.54. The molecule has 0 aliphatic carbocycles. The Bertz CT molecular complexity index is 458. The summed E-state index contributed by atoms with van der Waals surface area (Å²) in [5, 5.41) is 0.759. The van der Waals surface area contributed by atoms with Crippen LogP contribution in [0, 0.1) is 0 Å². The minimum atomic E-state index is -0.355. The maximum absolute atomic E-state index is 12.2. The van der Waals surface area contributed by atoms with Crippen molar-refractivity contribution in [2.75, 3.05) is 31.1 Å². The summed E-state index contributed by atoms with van der Waals surface area (Å²) in [4.78, 5) is 16.2. The molecule has 0 saturated carbocycles. The smallest absolute Gasteiger partial charge is 0.239 e. The maximum atomic E-state index is 12.2. The Hall–Kier alpha value is -1.26. The molecule has 2 N–H and O–H groups in total. The van der Waals surface area contributed by atoms with Gasteiger partial charge in [-0.2, -0.15) is 0 Å². The van der Waals surface area contributed by atoms with Gasteiger partial charge in [-0.1, -0.05) is 37.1 Å². The number of amides is 1. The van der Waals surface area contributed by atoms with Gasteiger partial charge in [0.15, 0.2) is 0 Å². The zero-order valence-corrected chi connectivity index (χ0v) is 12.6. The number of para-hydroxylation sites is 1. The van der Waals surface area contributed by atoms with Crippen LogP contribution in [-0.2, 0) is 4.79 Å². The number of benzene rings is 1. The van der Waals surface area contributed by atoms with Crippen molar-refractivity contribution in [1.82, 2.24) is 4.90 Å². The summed E-state index contributed by atoms with van der Waals surface area (Å²) in [6, 6.07) is 7.46. The van der Waals surface area contributed by atoms with E-state index in [1.807, 2.05) is 36.1 Å². The van der Waals surface area contributed by atoms with E-state index in [-0.39, 0.29) is 11.9 Å². The third-order valence-electron chi connectivity index (χ3n) is 3.70. The molecule has 0 aromatic heterocycles. The fraction of sp³-hybridized carbons (Fsp3) is 0.533. The SMILES string of the molecule is CCC[C@@H](N)C(=O)N1CCN(c2ccccc2Cl)CC1. The second kappa shape index (κ2) is 6.95. The van der Waals surface area contributed by atoms with Crippen molar-refractivity contribution in [3.63, 3.8) is 0 Å². The second-order valence-electron chi connectivity index (χ2n) is 5.16. The standard InChI is InChI=1S/C15H22ClN3O/c1-2-5-13(17)15(20)19-10-8-18(9-11-19)14-7-4-3-6-12(14)16/h3-4,6-7,13H,2,5,8-11,17H2,1H3/t13-/m1/s1. The lowest BCUT2D eigenvalue weighted by Crippen LogP contribution is -2.53. The molecule has 4 nitrogen and oxygen atoms in total. The summed E-state index contributed by atoms with van der Waals surface area (Å²) in [6.07, 6.45) is 1.69. The molecule has 1 aromatic carbocycles. The van der Waals surface area contributed by atoms with Crippen LogP contribution in [0.3, 0.4) is 0 Å². The number of nitrogens with zero attached hydrogens (tertiary/aromatic N) is 2. The first-order valence-corrected chi connectivity index (χ1v) is 7.55. The van der Waals surface area contributed by atoms with Crippen LogP contribution in [0.2, 0.25) is 5.02 Å². The van der Waals surface area contributed by atoms with E-state index in [1.165, 1.54) is 0 Å². The lowest BCUT2D eigenvalue weighted by atomic mass is 10.1. The predicted molar refractivity (Wildman–Crippen MR) is 83.1 cm³/mol. The number of hydrogen-bond acceptors (Lipinski definition) is 3. The van der Waals surface area contributed by atoms with E-state index in [0.29, 0.717) is 13.1 Å². The number of hydrogen-bond donors (Lipinski definition) is 1. The number of carbonyl (C=O) groups is 1. The summed E-state index contributed by atoms with van der Waals surface area (Å²) in [5.74, 6) is 0.0747. The van der Waals surface area contributed by atoms with Gasteiger partial charge < -0.3 is 15.5 Å². The normalized spacial score (nSPS) is 17.1. The van der Waals surface area contributed by atoms with Gasteiger partial charge >= 0.3 is 0 Å². The van der Waals surface area contributed by atoms with Crippen LogP contribution in [0.4, 0.5) is 5.69 Å². The molecule has 0 radical (unpaired) electrons. The number of halogens is 1. The Morgan fingerprint density at radius 2 is 1.95 bits per heavy atom. The molecule has 20 heavy (non-hydrogen) atoms. The van der Waals surface area contributed by atoms with E-state index < -0.39 is 0 Å². The van der Waals surface area contributed by atoms with Crippen molar-refractivity contribution in [2.24, 2.45) is 5.73 Å². The molecule has 0 unspecified atom stereocenters. The average Bonchev–Trinajstić information content (AvgIpc) is 2.47. The second-order valence-corrected chi connectivity index (χ2v) is 5.57. The first kappa shape index (κ1) is 15.1. The molecule has 1 fully saturated rings. The molecule has 0 bridgehead atoms. The van der Waals surface area contributed by atoms with Crippen LogP contribution >= 0.6 is 11.6 Å². The van der Waals surface area contributed by atoms with Gasteiger partial charge in [-0.05, 0) is 18.6 Å². The van der Waals surface area contributed by atoms with E-state index in [1.54, 1.807) is 0 Å². The molecule has 1 atom stereocenters. The number of nitrogens with two attached hydrogens (primary N) is 1. The topological polar surface area (TPSA) is 49.6 Å². The van der Waals surface area contributed by atoms with E-state index >= 15 is 0 Å². The third kappa shape index (κ3) is 3.44. The zero-order chi connectivity index (χ0) is 14.5. The molecule has 5 heteroatoms. The highest BCUT2D eigenvalue weighted by Gasteiger charge is 2.25. The van der Waals surface area contributed by atoms with Crippen LogP contribution in [-0.4, -0.2) is 43.0 Å². The quantitative estimate of drug-likeness (QED) is 0.925. The highest BCUT2D eigenvalue weighted by Crippen LogP contribution is 2.26. The number of anilines is 1. The first-order chi connectivity index (χ1) is 9.63. The molecule has 2 rings (SSSR count). The lowest BCUT2D eigenvalue weighted by Gasteiger charge is -2.37. The Balaban J connectivity index is 1.93. The lowest BCUT2D eigenvalue weighted by molar-refractivity contribution is -0.133. The van der Waals surface area contributed by atoms with Gasteiger partial charge in [-0.15, -0.1) is 0 Å². The number of carbonyl (C=O) groups excluding carboxylic acids is 1. The van der Waals surface area contributed by atoms with Crippen molar-refractivity contribution >= 4 is 23.2 Å². The Morgan fingerprint density at radius 3 is 2.55 bits per heavy atom. The van der Waals surface area contributed by atoms with Gasteiger partial charge in [0.2, 0.25) is 5.91 Å². The molecule has 0 spiro atoms. The Morgan fingerprint density at radius 1 is 1.30 bits per heavy atom. The van der Waals surface area contributed by atoms with E-state index in [9.17, 15) is 4.79 Å². The molecule has 1 amide bonds. The minimum absolute atomic E-state index is 0.0747. The van der Waals surface area contributed by atoms with Gasteiger partial charge in [-0.25, -0.2) is 0 Å². The largest absolute Gasteiger partial charge is 0.367 e. The molecular formula is C15H22ClN3O. The minimum Gasteiger partial charge on any atom is -0.367 e. The summed E-state index contributed by atoms with van der Waals surface area (Å²) in [6.45, 7) is 5.06. The third-order valence-corrected chi connectivity index (χ3v) is 4.02. The van der Waals surface area contributed by atoms with Crippen molar-refractivity contribution in [1.29, 1.82) is 0 Å². The number of piperazine rings is 1. The summed E-state index contributed by atoms with van der Waals surface area (Å²) in [7, 11) is 0. The Labute approximate surface area is 125 Å². The van der Waals surface area contributed by atoms with Gasteiger partial charge in [0, 0.05) is 26.2 Å². The highest BCUT2D eigenvalue weighted by atomic mass is 35.5. The van der Waals surface area contributed by atoms with Gasteiger partial charge in [0.1, 0.15) is 0 Å². The molecule has 110 valence electrons. The fourth-order valence-corrected chi connectivity index (χ4v) is 2.80. The van der Waals surface area contributed by atoms with Gasteiger partial charge in [-0.3, -0.25) is 4.79 Å². The summed E-state index contributed by atoms with van der Waals surface area (Å²) >= 11 is 6.21. The Kier molecular flexibility index (Phi) is 5.26. The van der Waals surface area contributed by atoms with E-state index in [4.69, 9.17) is 17.3 Å². The van der Waals surface area contributed by atoms with Gasteiger partial charge in [0.05, 0.1) is 16.8 Å². The highest BCUT2D eigenvalue weighted by molar-refractivity contribution is 6.33. The van der Waals surface area contributed by atoms with Crippen LogP contribution in [0.5, 0.6) is 0 Å².